The topological polar surface area (TPSA) is 137 Å². The number of thiazole rings is 1. The number of non-ortho nitro benzene ring substituents is 1. The van der Waals surface area contributed by atoms with E-state index in [0.29, 0.717) is 26.2 Å². The van der Waals surface area contributed by atoms with Crippen LogP contribution >= 0.6 is 35.3 Å². The molecular weight excluding hydrogens is 389 g/mol. The number of benzene rings is 1. The minimum atomic E-state index is -0.466. The van der Waals surface area contributed by atoms with Gasteiger partial charge in [0.25, 0.3) is 5.69 Å². The number of guanidine groups is 1. The number of fused-ring (bicyclic) bond motifs is 1. The highest BCUT2D eigenvalue weighted by Gasteiger charge is 2.17. The predicted molar refractivity (Wildman–Crippen MR) is 101 cm³/mol. The van der Waals surface area contributed by atoms with Crippen LogP contribution in [-0.2, 0) is 0 Å². The first-order valence-corrected chi connectivity index (χ1v) is 7.69. The van der Waals surface area contributed by atoms with Crippen LogP contribution in [0, 0.1) is 10.1 Å². The van der Waals surface area contributed by atoms with Crippen LogP contribution in [0.25, 0.3) is 16.2 Å². The van der Waals surface area contributed by atoms with E-state index in [0.717, 1.165) is 0 Å². The molecular formula is C13H11Cl2N7O2S. The van der Waals surface area contributed by atoms with E-state index < -0.39 is 4.92 Å². The monoisotopic (exact) mass is 399 g/mol. The molecule has 0 spiro atoms. The van der Waals surface area contributed by atoms with Crippen molar-refractivity contribution in [2.45, 2.75) is 0 Å². The Hall–Kier alpha value is -2.69. The number of rotatable bonds is 4. The van der Waals surface area contributed by atoms with E-state index in [4.69, 9.17) is 23.1 Å². The number of nitrogens with zero attached hydrogens (tertiary/aromatic N) is 5. The Morgan fingerprint density at radius 1 is 1.44 bits per heavy atom. The van der Waals surface area contributed by atoms with Crippen molar-refractivity contribution in [1.29, 1.82) is 0 Å². The Bertz CT molecular complexity index is 992. The number of hydrogen-bond donors (Lipinski definition) is 2. The maximum Gasteiger partial charge on any atom is 0.270 e. The highest BCUT2D eigenvalue weighted by molar-refractivity contribution is 7.20. The summed E-state index contributed by atoms with van der Waals surface area (Å²) in [6.07, 6.45) is 3.09. The van der Waals surface area contributed by atoms with Crippen molar-refractivity contribution in [3.05, 3.63) is 50.6 Å². The van der Waals surface area contributed by atoms with E-state index in [1.165, 1.54) is 29.7 Å². The standard InChI is InChI=1S/C13H10ClN7O2S.ClH/c14-10-6-20-9(5-17-19-12(15)16)11(18-13(20)24-10)7-2-1-3-8(4-7)21(22)23;/h1-6H,(H4,15,16,19);1H/b17-5-;. The summed E-state index contributed by atoms with van der Waals surface area (Å²) < 4.78 is 2.26. The van der Waals surface area contributed by atoms with Crippen molar-refractivity contribution in [3.8, 4) is 11.3 Å². The van der Waals surface area contributed by atoms with E-state index in [-0.39, 0.29) is 24.1 Å². The number of aromatic nitrogens is 2. The number of nitro benzene ring substituents is 1. The summed E-state index contributed by atoms with van der Waals surface area (Å²) in [5, 5.41) is 18.3. The Morgan fingerprint density at radius 3 is 2.88 bits per heavy atom. The van der Waals surface area contributed by atoms with Crippen LogP contribution in [-0.4, -0.2) is 26.5 Å². The van der Waals surface area contributed by atoms with Gasteiger partial charge in [-0.05, 0) is 0 Å². The molecule has 2 aromatic heterocycles. The molecule has 0 saturated heterocycles. The van der Waals surface area contributed by atoms with Gasteiger partial charge in [-0.2, -0.15) is 5.10 Å². The molecule has 12 heteroatoms. The molecule has 2 heterocycles. The average molecular weight is 400 g/mol. The SMILES string of the molecule is Cl.NC(N)=N/N=C\c1c(-c2cccc([N+](=O)[O-])c2)nc2sc(Cl)cn12. The zero-order valence-corrected chi connectivity index (χ0v) is 14.8. The van der Waals surface area contributed by atoms with Crippen LogP contribution in [0.15, 0.2) is 40.7 Å². The Kier molecular flexibility index (Phi) is 5.57. The van der Waals surface area contributed by atoms with Gasteiger partial charge in [-0.25, -0.2) is 4.98 Å². The highest BCUT2D eigenvalue weighted by atomic mass is 35.5. The second-order valence-electron chi connectivity index (χ2n) is 4.61. The van der Waals surface area contributed by atoms with Gasteiger partial charge < -0.3 is 11.5 Å². The molecule has 0 atom stereocenters. The van der Waals surface area contributed by atoms with Gasteiger partial charge in [0.05, 0.1) is 22.5 Å². The lowest BCUT2D eigenvalue weighted by Crippen LogP contribution is -2.21. The molecule has 4 N–H and O–H groups in total. The summed E-state index contributed by atoms with van der Waals surface area (Å²) >= 11 is 7.27. The minimum Gasteiger partial charge on any atom is -0.369 e. The minimum absolute atomic E-state index is 0. The third kappa shape index (κ3) is 3.87. The summed E-state index contributed by atoms with van der Waals surface area (Å²) in [7, 11) is 0. The molecule has 0 unspecified atom stereocenters. The van der Waals surface area contributed by atoms with Crippen molar-refractivity contribution in [2.24, 2.45) is 21.7 Å². The summed E-state index contributed by atoms with van der Waals surface area (Å²) in [4.78, 5) is 15.6. The molecule has 0 saturated carbocycles. The molecule has 130 valence electrons. The van der Waals surface area contributed by atoms with Crippen molar-refractivity contribution < 1.29 is 4.92 Å². The number of nitro groups is 1. The van der Waals surface area contributed by atoms with E-state index in [1.807, 2.05) is 0 Å². The van der Waals surface area contributed by atoms with Gasteiger partial charge in [-0.1, -0.05) is 35.1 Å². The largest absolute Gasteiger partial charge is 0.369 e. The fraction of sp³-hybridized carbons (Fsp3) is 0. The summed E-state index contributed by atoms with van der Waals surface area (Å²) in [5.41, 5.74) is 12.1. The predicted octanol–water partition coefficient (Wildman–Crippen LogP) is 2.65. The van der Waals surface area contributed by atoms with Crippen LogP contribution in [0.1, 0.15) is 5.69 Å². The van der Waals surface area contributed by atoms with Gasteiger partial charge in [0, 0.05) is 23.9 Å². The lowest BCUT2D eigenvalue weighted by atomic mass is 10.1. The van der Waals surface area contributed by atoms with Crippen molar-refractivity contribution in [3.63, 3.8) is 0 Å². The summed E-state index contributed by atoms with van der Waals surface area (Å²) in [6, 6.07) is 6.15. The second kappa shape index (κ2) is 7.47. The third-order valence-electron chi connectivity index (χ3n) is 3.02. The van der Waals surface area contributed by atoms with Crippen LogP contribution in [0.5, 0.6) is 0 Å². The number of imidazole rings is 1. The molecule has 3 aromatic rings. The number of nitrogens with two attached hydrogens (primary N) is 2. The van der Waals surface area contributed by atoms with Crippen molar-refractivity contribution in [1.82, 2.24) is 9.38 Å². The number of halogens is 2. The molecule has 0 amide bonds. The van der Waals surface area contributed by atoms with E-state index in [2.05, 4.69) is 15.2 Å². The van der Waals surface area contributed by atoms with Gasteiger partial charge in [-0.15, -0.1) is 17.5 Å². The van der Waals surface area contributed by atoms with Gasteiger partial charge in [-0.3, -0.25) is 14.5 Å². The van der Waals surface area contributed by atoms with Crippen LogP contribution in [0.4, 0.5) is 5.69 Å². The van der Waals surface area contributed by atoms with Gasteiger partial charge >= 0.3 is 0 Å². The molecule has 0 aliphatic heterocycles. The summed E-state index contributed by atoms with van der Waals surface area (Å²) in [5.74, 6) is -0.188. The maximum absolute atomic E-state index is 11.0. The molecule has 1 aromatic carbocycles. The van der Waals surface area contributed by atoms with Gasteiger partial charge in [0.1, 0.15) is 4.34 Å². The fourth-order valence-corrected chi connectivity index (χ4v) is 3.11. The number of hydrogen-bond acceptors (Lipinski definition) is 6. The normalized spacial score (nSPS) is 10.8. The molecule has 0 fully saturated rings. The quantitative estimate of drug-likeness (QED) is 0.300. The van der Waals surface area contributed by atoms with Crippen molar-refractivity contribution in [2.75, 3.05) is 0 Å². The molecule has 0 aliphatic carbocycles. The molecule has 3 rings (SSSR count). The Balaban J connectivity index is 0.00000225. The van der Waals surface area contributed by atoms with Crippen molar-refractivity contribution >= 4 is 58.2 Å². The van der Waals surface area contributed by atoms with E-state index in [9.17, 15) is 10.1 Å². The lowest BCUT2D eigenvalue weighted by molar-refractivity contribution is -0.384. The maximum atomic E-state index is 11.0. The van der Waals surface area contributed by atoms with Crippen LogP contribution in [0.3, 0.4) is 0 Å². The highest BCUT2D eigenvalue weighted by Crippen LogP contribution is 2.31. The fourth-order valence-electron chi connectivity index (χ4n) is 2.09. The van der Waals surface area contributed by atoms with E-state index >= 15 is 0 Å². The first-order valence-electron chi connectivity index (χ1n) is 6.50. The van der Waals surface area contributed by atoms with Crippen LogP contribution < -0.4 is 11.5 Å². The molecule has 0 aliphatic rings. The van der Waals surface area contributed by atoms with Gasteiger partial charge in [0.15, 0.2) is 4.96 Å². The van der Waals surface area contributed by atoms with Gasteiger partial charge in [0.2, 0.25) is 5.96 Å². The summed E-state index contributed by atoms with van der Waals surface area (Å²) in [6.45, 7) is 0. The molecule has 0 bridgehead atoms. The Morgan fingerprint density at radius 2 is 2.20 bits per heavy atom. The smallest absolute Gasteiger partial charge is 0.270 e. The molecule has 25 heavy (non-hydrogen) atoms. The average Bonchev–Trinajstić information content (AvgIpc) is 3.04. The second-order valence-corrected chi connectivity index (χ2v) is 6.25. The first-order chi connectivity index (χ1) is 11.5. The Labute approximate surface area is 156 Å². The third-order valence-corrected chi connectivity index (χ3v) is 4.12. The first kappa shape index (κ1) is 18.6. The van der Waals surface area contributed by atoms with E-state index in [1.54, 1.807) is 22.7 Å². The van der Waals surface area contributed by atoms with Crippen LogP contribution in [0.2, 0.25) is 4.34 Å². The zero-order chi connectivity index (χ0) is 17.3. The lowest BCUT2D eigenvalue weighted by Gasteiger charge is -2.00. The zero-order valence-electron chi connectivity index (χ0n) is 12.4. The molecule has 9 nitrogen and oxygen atoms in total. The molecule has 0 radical (unpaired) electrons.